The number of hydrogen-bond donors (Lipinski definition) is 0. The Balaban J connectivity index is 1.77. The van der Waals surface area contributed by atoms with Crippen LogP contribution in [0.15, 0.2) is 29.4 Å². The number of benzene rings is 1. The highest BCUT2D eigenvalue weighted by molar-refractivity contribution is 7.89. The molecule has 3 rings (SSSR count). The predicted molar refractivity (Wildman–Crippen MR) is 110 cm³/mol. The summed E-state index contributed by atoms with van der Waals surface area (Å²) in [5, 5.41) is 0. The van der Waals surface area contributed by atoms with Crippen LogP contribution >= 0.6 is 0 Å². The van der Waals surface area contributed by atoms with Crippen molar-refractivity contribution in [2.45, 2.75) is 57.9 Å². The minimum absolute atomic E-state index is 0.189. The van der Waals surface area contributed by atoms with E-state index in [1.54, 1.807) is 17.5 Å². The van der Waals surface area contributed by atoms with Gasteiger partial charge in [-0.1, -0.05) is 13.8 Å². The SMILES string of the molecule is COc1cc(C)c(S(=O)(=O)N2CCC(Cn3ccnc3C)CC2)cc1C(C)C. The van der Waals surface area contributed by atoms with Crippen molar-refractivity contribution >= 4 is 10.0 Å². The largest absolute Gasteiger partial charge is 0.496 e. The molecule has 0 aliphatic carbocycles. The number of hydrogen-bond acceptors (Lipinski definition) is 4. The molecule has 2 aromatic rings. The minimum Gasteiger partial charge on any atom is -0.496 e. The highest BCUT2D eigenvalue weighted by Crippen LogP contribution is 2.34. The van der Waals surface area contributed by atoms with Crippen molar-refractivity contribution in [3.8, 4) is 5.75 Å². The highest BCUT2D eigenvalue weighted by atomic mass is 32.2. The Morgan fingerprint density at radius 2 is 1.89 bits per heavy atom. The van der Waals surface area contributed by atoms with Crippen LogP contribution < -0.4 is 4.74 Å². The number of nitrogens with zero attached hydrogens (tertiary/aromatic N) is 3. The van der Waals surface area contributed by atoms with Crippen LogP contribution in [0.5, 0.6) is 5.75 Å². The summed E-state index contributed by atoms with van der Waals surface area (Å²) in [6.07, 6.45) is 5.53. The van der Waals surface area contributed by atoms with Gasteiger partial charge in [-0.15, -0.1) is 0 Å². The maximum atomic E-state index is 13.3. The van der Waals surface area contributed by atoms with Crippen molar-refractivity contribution in [1.29, 1.82) is 0 Å². The molecule has 28 heavy (non-hydrogen) atoms. The fraction of sp³-hybridized carbons (Fsp3) is 0.571. The molecular formula is C21H31N3O3S. The Hall–Kier alpha value is -1.86. The van der Waals surface area contributed by atoms with Crippen molar-refractivity contribution in [2.75, 3.05) is 20.2 Å². The molecule has 1 aliphatic heterocycles. The number of piperidine rings is 1. The lowest BCUT2D eigenvalue weighted by Gasteiger charge is -2.32. The predicted octanol–water partition coefficient (Wildman–Crippen LogP) is 3.73. The monoisotopic (exact) mass is 405 g/mol. The van der Waals surface area contributed by atoms with Gasteiger partial charge in [0, 0.05) is 32.0 Å². The van der Waals surface area contributed by atoms with E-state index in [1.807, 2.05) is 46.2 Å². The van der Waals surface area contributed by atoms with Gasteiger partial charge in [-0.05, 0) is 61.8 Å². The van der Waals surface area contributed by atoms with Gasteiger partial charge in [0.1, 0.15) is 11.6 Å². The molecule has 0 saturated carbocycles. The molecule has 0 amide bonds. The second kappa shape index (κ2) is 8.25. The molecule has 0 unspecified atom stereocenters. The van der Waals surface area contributed by atoms with E-state index in [9.17, 15) is 8.42 Å². The first-order chi connectivity index (χ1) is 13.2. The van der Waals surface area contributed by atoms with Gasteiger partial charge in [-0.2, -0.15) is 4.31 Å². The number of ether oxygens (including phenoxy) is 1. The highest BCUT2D eigenvalue weighted by Gasteiger charge is 2.31. The van der Waals surface area contributed by atoms with E-state index in [-0.39, 0.29) is 5.92 Å². The molecular weight excluding hydrogens is 374 g/mol. The second-order valence-electron chi connectivity index (χ2n) is 7.99. The average Bonchev–Trinajstić information content (AvgIpc) is 3.06. The summed E-state index contributed by atoms with van der Waals surface area (Å²) in [7, 11) is -1.88. The second-order valence-corrected chi connectivity index (χ2v) is 9.89. The molecule has 1 aromatic carbocycles. The average molecular weight is 406 g/mol. The van der Waals surface area contributed by atoms with E-state index < -0.39 is 10.0 Å². The lowest BCUT2D eigenvalue weighted by atomic mass is 9.98. The summed E-state index contributed by atoms with van der Waals surface area (Å²) >= 11 is 0. The number of sulfonamides is 1. The third-order valence-corrected chi connectivity index (χ3v) is 7.76. The first-order valence-corrected chi connectivity index (χ1v) is 11.3. The third-order valence-electron chi connectivity index (χ3n) is 5.72. The number of aryl methyl sites for hydroxylation is 2. The van der Waals surface area contributed by atoms with E-state index in [0.717, 1.165) is 42.1 Å². The van der Waals surface area contributed by atoms with E-state index in [4.69, 9.17) is 4.74 Å². The first kappa shape index (κ1) is 20.9. The lowest BCUT2D eigenvalue weighted by Crippen LogP contribution is -2.39. The van der Waals surface area contributed by atoms with Crippen LogP contribution in [0.3, 0.4) is 0 Å². The van der Waals surface area contributed by atoms with Crippen LogP contribution in [0, 0.1) is 19.8 Å². The van der Waals surface area contributed by atoms with Gasteiger partial charge >= 0.3 is 0 Å². The van der Waals surface area contributed by atoms with Gasteiger partial charge in [0.2, 0.25) is 10.0 Å². The van der Waals surface area contributed by atoms with E-state index in [2.05, 4.69) is 9.55 Å². The van der Waals surface area contributed by atoms with Gasteiger partial charge in [0.05, 0.1) is 12.0 Å². The molecule has 6 nitrogen and oxygen atoms in total. The van der Waals surface area contributed by atoms with E-state index in [1.165, 1.54) is 0 Å². The molecule has 2 heterocycles. The van der Waals surface area contributed by atoms with Gasteiger partial charge in [-0.25, -0.2) is 13.4 Å². The first-order valence-electron chi connectivity index (χ1n) is 9.90. The summed E-state index contributed by atoms with van der Waals surface area (Å²) in [5.74, 6) is 2.42. The lowest BCUT2D eigenvalue weighted by molar-refractivity contribution is 0.252. The van der Waals surface area contributed by atoms with Crippen LogP contribution in [-0.4, -0.2) is 42.5 Å². The smallest absolute Gasteiger partial charge is 0.243 e. The number of aromatic nitrogens is 2. The van der Waals surface area contributed by atoms with Crippen molar-refractivity contribution in [2.24, 2.45) is 5.92 Å². The molecule has 0 radical (unpaired) electrons. The summed E-state index contributed by atoms with van der Waals surface area (Å²) in [4.78, 5) is 4.67. The molecule has 1 aromatic heterocycles. The summed E-state index contributed by atoms with van der Waals surface area (Å²) in [6, 6.07) is 3.64. The topological polar surface area (TPSA) is 64.4 Å². The van der Waals surface area contributed by atoms with Gasteiger partial charge in [0.15, 0.2) is 0 Å². The zero-order valence-electron chi connectivity index (χ0n) is 17.5. The van der Waals surface area contributed by atoms with Gasteiger partial charge in [-0.3, -0.25) is 0 Å². The Morgan fingerprint density at radius 1 is 1.21 bits per heavy atom. The van der Waals surface area contributed by atoms with Crippen LogP contribution in [0.2, 0.25) is 0 Å². The third kappa shape index (κ3) is 4.10. The van der Waals surface area contributed by atoms with Crippen LogP contribution in [0.4, 0.5) is 0 Å². The van der Waals surface area contributed by atoms with Crippen molar-refractivity contribution < 1.29 is 13.2 Å². The van der Waals surface area contributed by atoms with Crippen molar-refractivity contribution in [1.82, 2.24) is 13.9 Å². The van der Waals surface area contributed by atoms with Gasteiger partial charge in [0.25, 0.3) is 0 Å². The van der Waals surface area contributed by atoms with Crippen LogP contribution in [-0.2, 0) is 16.6 Å². The summed E-state index contributed by atoms with van der Waals surface area (Å²) in [6.45, 7) is 9.96. The Kier molecular flexibility index (Phi) is 6.15. The maximum absolute atomic E-state index is 13.3. The Labute approximate surface area is 168 Å². The Bertz CT molecular complexity index is 926. The van der Waals surface area contributed by atoms with E-state index in [0.29, 0.717) is 23.9 Å². The quantitative estimate of drug-likeness (QED) is 0.734. The zero-order valence-corrected chi connectivity index (χ0v) is 18.3. The molecule has 0 atom stereocenters. The molecule has 0 spiro atoms. The molecule has 1 fully saturated rings. The fourth-order valence-electron chi connectivity index (χ4n) is 3.93. The minimum atomic E-state index is -3.51. The molecule has 1 aliphatic rings. The molecule has 0 bridgehead atoms. The Morgan fingerprint density at radius 3 is 2.43 bits per heavy atom. The number of rotatable bonds is 6. The number of imidazole rings is 1. The van der Waals surface area contributed by atoms with Crippen LogP contribution in [0.25, 0.3) is 0 Å². The summed E-state index contributed by atoms with van der Waals surface area (Å²) < 4.78 is 35.9. The molecule has 154 valence electrons. The molecule has 1 saturated heterocycles. The standard InChI is InChI=1S/C21H31N3O3S/c1-15(2)19-13-21(16(3)12-20(19)27-5)28(25,26)24-9-6-18(7-10-24)14-23-11-8-22-17(23)4/h8,11-13,15,18H,6-7,9-10,14H2,1-5H3. The fourth-order valence-corrected chi connectivity index (χ4v) is 5.64. The number of methoxy groups -OCH3 is 1. The van der Waals surface area contributed by atoms with Crippen molar-refractivity contribution in [3.05, 3.63) is 41.5 Å². The van der Waals surface area contributed by atoms with E-state index >= 15 is 0 Å². The van der Waals surface area contributed by atoms with Crippen molar-refractivity contribution in [3.63, 3.8) is 0 Å². The normalized spacial score (nSPS) is 16.6. The summed E-state index contributed by atoms with van der Waals surface area (Å²) in [5.41, 5.74) is 1.66. The molecule has 0 N–H and O–H groups in total. The van der Waals surface area contributed by atoms with Gasteiger partial charge < -0.3 is 9.30 Å². The van der Waals surface area contributed by atoms with Crippen LogP contribution in [0.1, 0.15) is 49.6 Å². The molecule has 7 heteroatoms. The zero-order chi connectivity index (χ0) is 20.5. The maximum Gasteiger partial charge on any atom is 0.243 e.